The van der Waals surface area contributed by atoms with Gasteiger partial charge in [0.25, 0.3) is 0 Å². The van der Waals surface area contributed by atoms with Gasteiger partial charge in [0.05, 0.1) is 17.5 Å². The molecule has 24 heavy (non-hydrogen) atoms. The molecule has 7 heteroatoms. The molecule has 0 spiro atoms. The Bertz CT molecular complexity index is 880. The summed E-state index contributed by atoms with van der Waals surface area (Å²) in [7, 11) is -3.28. The molecule has 1 aliphatic heterocycles. The van der Waals surface area contributed by atoms with Gasteiger partial charge in [-0.05, 0) is 36.6 Å². The summed E-state index contributed by atoms with van der Waals surface area (Å²) in [5.41, 5.74) is 2.07. The van der Waals surface area contributed by atoms with E-state index < -0.39 is 16.0 Å². The van der Waals surface area contributed by atoms with Gasteiger partial charge in [0, 0.05) is 24.3 Å². The molecule has 1 aromatic heterocycles. The van der Waals surface area contributed by atoms with E-state index in [4.69, 9.17) is 0 Å². The van der Waals surface area contributed by atoms with Crippen LogP contribution < -0.4 is 0 Å². The third-order valence-electron chi connectivity index (χ3n) is 4.23. The summed E-state index contributed by atoms with van der Waals surface area (Å²) in [5.74, 6) is -1.02. The highest BCUT2D eigenvalue weighted by atomic mass is 32.2. The molecule has 1 unspecified atom stereocenters. The van der Waals surface area contributed by atoms with Crippen molar-refractivity contribution in [2.45, 2.75) is 18.9 Å². The number of hydrogen-bond donors (Lipinski definition) is 1. The Kier molecular flexibility index (Phi) is 4.38. The van der Waals surface area contributed by atoms with E-state index in [1.165, 1.54) is 16.6 Å². The zero-order valence-corrected chi connectivity index (χ0v) is 14.0. The number of pyridine rings is 1. The number of nitrogens with zero attached hydrogens (tertiary/aromatic N) is 2. The van der Waals surface area contributed by atoms with Gasteiger partial charge >= 0.3 is 5.97 Å². The maximum absolute atomic E-state index is 11.9. The van der Waals surface area contributed by atoms with Gasteiger partial charge in [-0.3, -0.25) is 4.98 Å². The lowest BCUT2D eigenvalue weighted by Gasteiger charge is -2.22. The molecule has 1 atom stereocenters. The Morgan fingerprint density at radius 1 is 1.29 bits per heavy atom. The Morgan fingerprint density at radius 2 is 2.04 bits per heavy atom. The summed E-state index contributed by atoms with van der Waals surface area (Å²) < 4.78 is 25.4. The quantitative estimate of drug-likeness (QED) is 0.919. The number of carboxylic acid groups (broad SMARTS) is 1. The van der Waals surface area contributed by atoms with Gasteiger partial charge in [-0.15, -0.1) is 0 Å². The van der Waals surface area contributed by atoms with Crippen molar-refractivity contribution >= 4 is 16.0 Å². The third kappa shape index (κ3) is 3.18. The molecule has 1 fully saturated rings. The van der Waals surface area contributed by atoms with Crippen molar-refractivity contribution in [3.05, 3.63) is 53.7 Å². The number of aromatic carboxylic acids is 1. The van der Waals surface area contributed by atoms with Crippen molar-refractivity contribution in [3.63, 3.8) is 0 Å². The summed E-state index contributed by atoms with van der Waals surface area (Å²) >= 11 is 0. The van der Waals surface area contributed by atoms with Crippen LogP contribution >= 0.6 is 0 Å². The van der Waals surface area contributed by atoms with Gasteiger partial charge in [-0.25, -0.2) is 13.2 Å². The van der Waals surface area contributed by atoms with Gasteiger partial charge in [0.2, 0.25) is 10.0 Å². The summed E-state index contributed by atoms with van der Waals surface area (Å²) in [5, 5.41) is 9.34. The van der Waals surface area contributed by atoms with E-state index >= 15 is 0 Å². The Hall–Kier alpha value is -2.25. The van der Waals surface area contributed by atoms with E-state index in [0.717, 1.165) is 18.4 Å². The average molecular weight is 346 g/mol. The molecule has 0 amide bonds. The molecule has 0 radical (unpaired) electrons. The molecule has 0 aliphatic carbocycles. The summed E-state index contributed by atoms with van der Waals surface area (Å²) in [6, 6.07) is 10.0. The SMILES string of the molecule is CS(=O)(=O)N1CCCC1c1ccnc(-c2ccccc2C(=O)O)c1. The number of carboxylic acids is 1. The molecule has 2 aromatic rings. The molecule has 0 bridgehead atoms. The minimum absolute atomic E-state index is 0.175. The first-order valence-corrected chi connectivity index (χ1v) is 9.48. The minimum Gasteiger partial charge on any atom is -0.478 e. The van der Waals surface area contributed by atoms with Gasteiger partial charge < -0.3 is 5.11 Å². The lowest BCUT2D eigenvalue weighted by molar-refractivity contribution is 0.0697. The lowest BCUT2D eigenvalue weighted by atomic mass is 10.00. The molecule has 1 aromatic carbocycles. The molecule has 126 valence electrons. The minimum atomic E-state index is -3.28. The fraction of sp³-hybridized carbons (Fsp3) is 0.294. The van der Waals surface area contributed by atoms with Crippen molar-refractivity contribution in [1.29, 1.82) is 0 Å². The Morgan fingerprint density at radius 3 is 2.75 bits per heavy atom. The highest BCUT2D eigenvalue weighted by molar-refractivity contribution is 7.88. The maximum atomic E-state index is 11.9. The van der Waals surface area contributed by atoms with E-state index in [-0.39, 0.29) is 11.6 Å². The fourth-order valence-corrected chi connectivity index (χ4v) is 4.31. The standard InChI is InChI=1S/C17H18N2O4S/c1-24(22,23)19-10-4-7-16(19)12-8-9-18-15(11-12)13-5-2-3-6-14(13)17(20)21/h2-3,5-6,8-9,11,16H,4,7,10H2,1H3,(H,20,21). The number of benzene rings is 1. The van der Waals surface area contributed by atoms with Crippen LogP contribution in [0.15, 0.2) is 42.6 Å². The van der Waals surface area contributed by atoms with Crippen LogP contribution in [0, 0.1) is 0 Å². The molecule has 1 aliphatic rings. The van der Waals surface area contributed by atoms with Crippen LogP contribution in [-0.4, -0.2) is 41.6 Å². The van der Waals surface area contributed by atoms with Crippen LogP contribution in [0.1, 0.15) is 34.8 Å². The van der Waals surface area contributed by atoms with Gasteiger partial charge in [-0.1, -0.05) is 18.2 Å². The van der Waals surface area contributed by atoms with E-state index in [2.05, 4.69) is 4.98 Å². The first kappa shape index (κ1) is 16.6. The van der Waals surface area contributed by atoms with Crippen molar-refractivity contribution < 1.29 is 18.3 Å². The number of carbonyl (C=O) groups is 1. The second-order valence-electron chi connectivity index (χ2n) is 5.86. The highest BCUT2D eigenvalue weighted by Gasteiger charge is 2.32. The predicted molar refractivity (Wildman–Crippen MR) is 90.2 cm³/mol. The van der Waals surface area contributed by atoms with Crippen LogP contribution in [-0.2, 0) is 10.0 Å². The molecule has 0 saturated carbocycles. The van der Waals surface area contributed by atoms with Crippen molar-refractivity contribution in [2.24, 2.45) is 0 Å². The average Bonchev–Trinajstić information content (AvgIpc) is 3.05. The number of sulfonamides is 1. The smallest absolute Gasteiger partial charge is 0.336 e. The maximum Gasteiger partial charge on any atom is 0.336 e. The molecule has 1 saturated heterocycles. The summed E-state index contributed by atoms with van der Waals surface area (Å²) in [6.45, 7) is 0.507. The molecule has 6 nitrogen and oxygen atoms in total. The largest absolute Gasteiger partial charge is 0.478 e. The Balaban J connectivity index is 2.04. The topological polar surface area (TPSA) is 87.6 Å². The highest BCUT2D eigenvalue weighted by Crippen LogP contribution is 2.35. The fourth-order valence-electron chi connectivity index (χ4n) is 3.16. The van der Waals surface area contributed by atoms with E-state index in [0.29, 0.717) is 17.8 Å². The first-order chi connectivity index (χ1) is 11.4. The monoisotopic (exact) mass is 346 g/mol. The number of rotatable bonds is 4. The van der Waals surface area contributed by atoms with Crippen molar-refractivity contribution in [3.8, 4) is 11.3 Å². The van der Waals surface area contributed by atoms with Crippen LogP contribution in [0.4, 0.5) is 0 Å². The second-order valence-corrected chi connectivity index (χ2v) is 7.79. The van der Waals surface area contributed by atoms with Crippen LogP contribution in [0.25, 0.3) is 11.3 Å². The number of aromatic nitrogens is 1. The van der Waals surface area contributed by atoms with Crippen LogP contribution in [0.2, 0.25) is 0 Å². The molecule has 2 heterocycles. The zero-order chi connectivity index (χ0) is 17.3. The second kappa shape index (κ2) is 6.33. The Labute approximate surface area is 140 Å². The first-order valence-electron chi connectivity index (χ1n) is 7.63. The van der Waals surface area contributed by atoms with Gasteiger partial charge in [0.1, 0.15) is 0 Å². The van der Waals surface area contributed by atoms with Crippen LogP contribution in [0.3, 0.4) is 0 Å². The third-order valence-corrected chi connectivity index (χ3v) is 5.52. The van der Waals surface area contributed by atoms with E-state index in [9.17, 15) is 18.3 Å². The van der Waals surface area contributed by atoms with E-state index in [1.807, 2.05) is 0 Å². The lowest BCUT2D eigenvalue weighted by Crippen LogP contribution is -2.29. The van der Waals surface area contributed by atoms with Crippen LogP contribution in [0.5, 0.6) is 0 Å². The van der Waals surface area contributed by atoms with Crippen molar-refractivity contribution in [1.82, 2.24) is 9.29 Å². The van der Waals surface area contributed by atoms with Gasteiger partial charge in [-0.2, -0.15) is 4.31 Å². The predicted octanol–water partition coefficient (Wildman–Crippen LogP) is 2.54. The molecular weight excluding hydrogens is 328 g/mol. The normalized spacial score (nSPS) is 18.6. The van der Waals surface area contributed by atoms with E-state index in [1.54, 1.807) is 36.5 Å². The summed E-state index contributed by atoms with van der Waals surface area (Å²) in [6.07, 6.45) is 4.37. The molecule has 1 N–H and O–H groups in total. The molecule has 3 rings (SSSR count). The van der Waals surface area contributed by atoms with Gasteiger partial charge in [0.15, 0.2) is 0 Å². The zero-order valence-electron chi connectivity index (χ0n) is 13.2. The summed E-state index contributed by atoms with van der Waals surface area (Å²) in [4.78, 5) is 15.7. The van der Waals surface area contributed by atoms with Crippen molar-refractivity contribution in [2.75, 3.05) is 12.8 Å². The number of hydrogen-bond acceptors (Lipinski definition) is 4. The molecular formula is C17H18N2O4S.